The van der Waals surface area contributed by atoms with Crippen LogP contribution in [0.2, 0.25) is 0 Å². The van der Waals surface area contributed by atoms with Crippen molar-refractivity contribution in [1.82, 2.24) is 0 Å². The molecule has 0 saturated carbocycles. The molecule has 0 heterocycles. The maximum atomic E-state index is 9.00. The van der Waals surface area contributed by atoms with Crippen LogP contribution in [0.15, 0.2) is 0 Å². The van der Waals surface area contributed by atoms with Crippen LogP contribution < -0.4 is 75.4 Å². The summed E-state index contributed by atoms with van der Waals surface area (Å²) < 4.78 is 0. The van der Waals surface area contributed by atoms with E-state index in [1.807, 2.05) is 0 Å². The van der Waals surface area contributed by atoms with Gasteiger partial charge in [-0.2, -0.15) is 0 Å². The number of rotatable bonds is 0. The van der Waals surface area contributed by atoms with E-state index in [-0.39, 0.29) is 102 Å². The van der Waals surface area contributed by atoms with Crippen LogP contribution in [-0.4, -0.2) is 37.3 Å². The molecule has 0 aliphatic rings. The fourth-order valence-corrected chi connectivity index (χ4v) is 0. The minimum absolute atomic E-state index is 0. The van der Waals surface area contributed by atoms with Crippen molar-refractivity contribution >= 4 is 32.2 Å². The van der Waals surface area contributed by atoms with Crippen LogP contribution in [0, 0.1) is 0 Å². The normalized spacial score (nSPS) is 3.57. The van der Waals surface area contributed by atoms with Gasteiger partial charge in [0, 0.05) is 6.92 Å². The van der Waals surface area contributed by atoms with Crippen molar-refractivity contribution in [3.05, 3.63) is 0 Å². The van der Waals surface area contributed by atoms with Crippen LogP contribution in [0.3, 0.4) is 0 Å². The van der Waals surface area contributed by atoms with Crippen molar-refractivity contribution in [2.45, 2.75) is 6.92 Å². The van der Waals surface area contributed by atoms with Crippen molar-refractivity contribution < 1.29 is 85.3 Å². The van der Waals surface area contributed by atoms with Crippen LogP contribution in [0.1, 0.15) is 6.92 Å². The van der Waals surface area contributed by atoms with Crippen molar-refractivity contribution in [2.24, 2.45) is 0 Å². The first-order valence-corrected chi connectivity index (χ1v) is 0.928. The van der Waals surface area contributed by atoms with Crippen LogP contribution in [0.4, 0.5) is 0 Å². The molecule has 0 aromatic carbocycles. The van der Waals surface area contributed by atoms with Gasteiger partial charge in [0.2, 0.25) is 0 Å². The molecule has 40 valence electrons. The van der Waals surface area contributed by atoms with E-state index in [9.17, 15) is 0 Å². The molecule has 5 heteroatoms. The molecule has 7 heavy (non-hydrogen) atoms. The Balaban J connectivity index is -0.0000000150. The Morgan fingerprint density at radius 3 is 1.57 bits per heavy atom. The number of hydrogen-bond donors (Lipinski definition) is 1. The summed E-state index contributed by atoms with van der Waals surface area (Å²) in [7, 11) is 0. The molecule has 1 N–H and O–H groups in total. The largest absolute Gasteiger partial charge is 1.00 e. The molecule has 0 atom stereocenters. The zero-order chi connectivity index (χ0) is 3.58. The van der Waals surface area contributed by atoms with Crippen LogP contribution in [0.25, 0.3) is 0 Å². The standard InChI is InChI=1S/C2H4O2.Bi.HI.K.3H/c1-2(3)4;;;;;;/h1H3,(H,3,4);;1H;;;;/q;;;+1;;;/p-1. The van der Waals surface area contributed by atoms with Gasteiger partial charge in [-0.3, -0.25) is 4.79 Å². The number of halogens is 1. The monoisotopic (exact) mass is 438 g/mol. The second-order valence-corrected chi connectivity index (χ2v) is 0.519. The SMILES string of the molecule is CC(=O)O.[BiH3].[I-].[K+]. The first-order valence-electron chi connectivity index (χ1n) is 0.928. The summed E-state index contributed by atoms with van der Waals surface area (Å²) in [6, 6.07) is 0. The van der Waals surface area contributed by atoms with E-state index in [4.69, 9.17) is 9.90 Å². The van der Waals surface area contributed by atoms with Gasteiger partial charge in [-0.1, -0.05) is 0 Å². The van der Waals surface area contributed by atoms with Gasteiger partial charge in [0.1, 0.15) is 0 Å². The van der Waals surface area contributed by atoms with Gasteiger partial charge < -0.3 is 29.1 Å². The molecule has 0 aromatic rings. The molecule has 0 saturated heterocycles. The summed E-state index contributed by atoms with van der Waals surface area (Å²) >= 11 is 0. The Hall–Kier alpha value is 2.72. The topological polar surface area (TPSA) is 37.3 Å². The molecule has 0 spiro atoms. The molecule has 0 aromatic heterocycles. The van der Waals surface area contributed by atoms with Crippen LogP contribution in [0.5, 0.6) is 0 Å². The maximum Gasteiger partial charge on any atom is 1.00 e. The molecule has 0 bridgehead atoms. The summed E-state index contributed by atoms with van der Waals surface area (Å²) in [5, 5.41) is 7.42. The average Bonchev–Trinajstić information content (AvgIpc) is 0.811. The second kappa shape index (κ2) is 15.9. The smallest absolute Gasteiger partial charge is 1.00 e. The molecule has 0 aliphatic carbocycles. The summed E-state index contributed by atoms with van der Waals surface area (Å²) in [4.78, 5) is 9.00. The zero-order valence-electron chi connectivity index (χ0n) is 4.44. The quantitative estimate of drug-likeness (QED) is 0.302. The number of carboxylic acid groups (broad SMARTS) is 1. The van der Waals surface area contributed by atoms with Gasteiger partial charge >= 0.3 is 77.6 Å². The van der Waals surface area contributed by atoms with Crippen molar-refractivity contribution in [1.29, 1.82) is 0 Å². The predicted molar refractivity (Wildman–Crippen MR) is 23.2 cm³/mol. The molecular weight excluding hydrogens is 431 g/mol. The Bertz CT molecular complexity index is 38.7. The first kappa shape index (κ1) is 22.6. The fraction of sp³-hybridized carbons (Fsp3) is 0.500. The third-order valence-corrected chi connectivity index (χ3v) is 0. The van der Waals surface area contributed by atoms with Gasteiger partial charge in [-0.05, 0) is 0 Å². The third kappa shape index (κ3) is 53.2. The van der Waals surface area contributed by atoms with Crippen LogP contribution in [-0.2, 0) is 4.79 Å². The van der Waals surface area contributed by atoms with Gasteiger partial charge in [0.05, 0.1) is 0 Å². The number of hydrogen-bond acceptors (Lipinski definition) is 1. The Kier molecular flexibility index (Phi) is 51.3. The number of carbonyl (C=O) groups is 1. The van der Waals surface area contributed by atoms with E-state index in [1.54, 1.807) is 0 Å². The van der Waals surface area contributed by atoms with Crippen molar-refractivity contribution in [3.8, 4) is 0 Å². The third-order valence-electron chi connectivity index (χ3n) is 0. The molecule has 0 unspecified atom stereocenters. The summed E-state index contributed by atoms with van der Waals surface area (Å²) in [6.45, 7) is 1.08. The van der Waals surface area contributed by atoms with E-state index in [0.717, 1.165) is 6.92 Å². The summed E-state index contributed by atoms with van der Waals surface area (Å²) in [5.41, 5.74) is 0. The molecule has 0 aliphatic heterocycles. The maximum absolute atomic E-state index is 9.00. The van der Waals surface area contributed by atoms with Gasteiger partial charge in [0.15, 0.2) is 0 Å². The summed E-state index contributed by atoms with van der Waals surface area (Å²) in [6.07, 6.45) is 0. The van der Waals surface area contributed by atoms with Crippen molar-refractivity contribution in [3.63, 3.8) is 0 Å². The van der Waals surface area contributed by atoms with E-state index < -0.39 is 5.97 Å². The molecule has 0 radical (unpaired) electrons. The average molecular weight is 438 g/mol. The summed E-state index contributed by atoms with van der Waals surface area (Å²) in [5.74, 6) is -0.833. The van der Waals surface area contributed by atoms with Gasteiger partial charge in [-0.15, -0.1) is 0 Å². The van der Waals surface area contributed by atoms with E-state index in [2.05, 4.69) is 0 Å². The molecule has 0 fully saturated rings. The Morgan fingerprint density at radius 2 is 1.57 bits per heavy atom. The first-order chi connectivity index (χ1) is 1.73. The molecular formula is C2H7BiIKO2. The Morgan fingerprint density at radius 1 is 1.57 bits per heavy atom. The second-order valence-electron chi connectivity index (χ2n) is 0.519. The minimum Gasteiger partial charge on any atom is -1.00 e. The van der Waals surface area contributed by atoms with Gasteiger partial charge in [0.25, 0.3) is 5.97 Å². The van der Waals surface area contributed by atoms with Crippen LogP contribution >= 0.6 is 0 Å². The van der Waals surface area contributed by atoms with E-state index in [1.165, 1.54) is 0 Å². The minimum atomic E-state index is -0.833. The molecule has 0 rings (SSSR count). The number of aliphatic carboxylic acids is 1. The Labute approximate surface area is 121 Å². The molecule has 0 amide bonds. The predicted octanol–water partition coefficient (Wildman–Crippen LogP) is -7.08. The van der Waals surface area contributed by atoms with Gasteiger partial charge in [-0.25, -0.2) is 0 Å². The fourth-order valence-electron chi connectivity index (χ4n) is 0. The zero-order valence-corrected chi connectivity index (χ0v) is 15.2. The number of carboxylic acids is 1. The van der Waals surface area contributed by atoms with Crippen molar-refractivity contribution in [2.75, 3.05) is 0 Å². The molecule has 2 nitrogen and oxygen atoms in total. The van der Waals surface area contributed by atoms with E-state index in [0.29, 0.717) is 0 Å². The van der Waals surface area contributed by atoms with E-state index >= 15 is 0 Å².